The van der Waals surface area contributed by atoms with Gasteiger partial charge in [0.05, 0.1) is 0 Å². The van der Waals surface area contributed by atoms with Crippen LogP contribution >= 0.6 is 11.6 Å². The number of carbonyl (C=O) groups is 1. The first kappa shape index (κ1) is 16.8. The minimum absolute atomic E-state index is 0.618. The fourth-order valence-corrected chi connectivity index (χ4v) is 3.42. The number of halogens is 1. The predicted octanol–water partition coefficient (Wildman–Crippen LogP) is 3.60. The molecule has 5 heteroatoms. The van der Waals surface area contributed by atoms with Gasteiger partial charge < -0.3 is 10.0 Å². The highest BCUT2D eigenvalue weighted by atomic mass is 35.5. The first-order valence-electron chi connectivity index (χ1n) is 8.09. The highest BCUT2D eigenvalue weighted by Crippen LogP contribution is 2.26. The molecule has 0 saturated carbocycles. The van der Waals surface area contributed by atoms with Crippen LogP contribution < -0.4 is 4.90 Å². The number of hydrogen-bond donors (Lipinski definition) is 1. The number of carboxylic acid groups (broad SMARTS) is 1. The van der Waals surface area contributed by atoms with Crippen molar-refractivity contribution in [3.05, 3.63) is 64.7 Å². The van der Waals surface area contributed by atoms with E-state index in [1.165, 1.54) is 11.3 Å². The van der Waals surface area contributed by atoms with Gasteiger partial charge in [-0.3, -0.25) is 9.69 Å². The molecule has 2 aromatic rings. The molecule has 0 aliphatic carbocycles. The third-order valence-corrected chi connectivity index (χ3v) is 4.81. The lowest BCUT2D eigenvalue weighted by Gasteiger charge is -2.39. The molecule has 1 aliphatic heterocycles. The zero-order valence-electron chi connectivity index (χ0n) is 13.7. The van der Waals surface area contributed by atoms with E-state index >= 15 is 0 Å². The van der Waals surface area contributed by atoms with E-state index in [0.29, 0.717) is 18.1 Å². The maximum atomic E-state index is 11.8. The molecule has 1 saturated heterocycles. The van der Waals surface area contributed by atoms with Crippen molar-refractivity contribution in [1.82, 2.24) is 4.90 Å². The molecule has 1 aliphatic rings. The molecule has 1 fully saturated rings. The predicted molar refractivity (Wildman–Crippen MR) is 96.8 cm³/mol. The Morgan fingerprint density at radius 1 is 1.04 bits per heavy atom. The summed E-state index contributed by atoms with van der Waals surface area (Å²) in [5, 5.41) is 10.3. The van der Waals surface area contributed by atoms with Crippen molar-refractivity contribution < 1.29 is 9.90 Å². The van der Waals surface area contributed by atoms with E-state index in [9.17, 15) is 9.90 Å². The summed E-state index contributed by atoms with van der Waals surface area (Å²) >= 11 is 5.92. The van der Waals surface area contributed by atoms with Crippen molar-refractivity contribution >= 4 is 23.3 Å². The second-order valence-electron chi connectivity index (χ2n) is 6.10. The van der Waals surface area contributed by atoms with Gasteiger partial charge in [0.25, 0.3) is 0 Å². The largest absolute Gasteiger partial charge is 0.480 e. The average Bonchev–Trinajstić information content (AvgIpc) is 2.58. The Hall–Kier alpha value is -2.04. The van der Waals surface area contributed by atoms with Crippen LogP contribution in [0.25, 0.3) is 0 Å². The molecule has 126 valence electrons. The average molecular weight is 345 g/mol. The lowest BCUT2D eigenvalue weighted by molar-refractivity contribution is -0.143. The Morgan fingerprint density at radius 3 is 2.25 bits per heavy atom. The van der Waals surface area contributed by atoms with Gasteiger partial charge in [0, 0.05) is 36.9 Å². The Morgan fingerprint density at radius 2 is 1.67 bits per heavy atom. The van der Waals surface area contributed by atoms with Gasteiger partial charge in [0.15, 0.2) is 0 Å². The van der Waals surface area contributed by atoms with Crippen molar-refractivity contribution in [2.24, 2.45) is 0 Å². The van der Waals surface area contributed by atoms with Crippen LogP contribution in [0.1, 0.15) is 17.2 Å². The van der Waals surface area contributed by atoms with Gasteiger partial charge in [-0.05, 0) is 36.2 Å². The molecule has 1 N–H and O–H groups in total. The molecule has 0 bridgehead atoms. The summed E-state index contributed by atoms with van der Waals surface area (Å²) in [6, 6.07) is 14.8. The highest BCUT2D eigenvalue weighted by Gasteiger charge is 2.30. The summed E-state index contributed by atoms with van der Waals surface area (Å²) in [4.78, 5) is 16.2. The van der Waals surface area contributed by atoms with Crippen molar-refractivity contribution in [3.63, 3.8) is 0 Å². The number of aliphatic carboxylic acids is 1. The molecule has 0 amide bonds. The molecule has 3 rings (SSSR count). The van der Waals surface area contributed by atoms with E-state index in [2.05, 4.69) is 24.0 Å². The van der Waals surface area contributed by atoms with Gasteiger partial charge in [-0.15, -0.1) is 0 Å². The molecular formula is C19H21ClN2O2. The van der Waals surface area contributed by atoms with Crippen LogP contribution in [0.15, 0.2) is 48.5 Å². The van der Waals surface area contributed by atoms with Gasteiger partial charge in [-0.25, -0.2) is 0 Å². The van der Waals surface area contributed by atoms with Crippen molar-refractivity contribution in [2.45, 2.75) is 13.0 Å². The third-order valence-electron chi connectivity index (χ3n) is 4.56. The zero-order chi connectivity index (χ0) is 17.1. The molecule has 1 atom stereocenters. The molecule has 2 aromatic carbocycles. The number of carboxylic acids is 1. The van der Waals surface area contributed by atoms with Crippen LogP contribution in [-0.2, 0) is 4.79 Å². The molecule has 0 radical (unpaired) electrons. The van der Waals surface area contributed by atoms with Gasteiger partial charge >= 0.3 is 5.97 Å². The lowest BCUT2D eigenvalue weighted by Crippen LogP contribution is -2.49. The fourth-order valence-electron chi connectivity index (χ4n) is 3.29. The number of rotatable bonds is 4. The van der Waals surface area contributed by atoms with Crippen LogP contribution in [0, 0.1) is 6.92 Å². The minimum atomic E-state index is -0.818. The van der Waals surface area contributed by atoms with E-state index < -0.39 is 12.0 Å². The van der Waals surface area contributed by atoms with E-state index in [1.54, 1.807) is 24.3 Å². The van der Waals surface area contributed by atoms with E-state index in [4.69, 9.17) is 11.6 Å². The SMILES string of the molecule is Cc1ccccc1N1CCN([C@@H](C(=O)O)c2ccc(Cl)cc2)CC1. The van der Waals surface area contributed by atoms with E-state index in [0.717, 1.165) is 18.7 Å². The maximum Gasteiger partial charge on any atom is 0.325 e. The number of hydrogen-bond acceptors (Lipinski definition) is 3. The smallest absolute Gasteiger partial charge is 0.325 e. The third kappa shape index (κ3) is 3.55. The van der Waals surface area contributed by atoms with Crippen molar-refractivity contribution in [1.29, 1.82) is 0 Å². The van der Waals surface area contributed by atoms with Gasteiger partial charge in [-0.1, -0.05) is 41.9 Å². The second-order valence-corrected chi connectivity index (χ2v) is 6.54. The number of aryl methyl sites for hydroxylation is 1. The first-order valence-corrected chi connectivity index (χ1v) is 8.47. The Bertz CT molecular complexity index is 710. The monoisotopic (exact) mass is 344 g/mol. The van der Waals surface area contributed by atoms with Crippen molar-refractivity contribution in [2.75, 3.05) is 31.1 Å². The molecule has 4 nitrogen and oxygen atoms in total. The quantitative estimate of drug-likeness (QED) is 0.920. The fraction of sp³-hybridized carbons (Fsp3) is 0.316. The molecular weight excluding hydrogens is 324 g/mol. The number of piperazine rings is 1. The standard InChI is InChI=1S/C19H21ClN2O2/c1-14-4-2-3-5-17(14)21-10-12-22(13-11-21)18(19(23)24)15-6-8-16(20)9-7-15/h2-9,18H,10-13H2,1H3,(H,23,24)/t18-/m1/s1. The summed E-state index contributed by atoms with van der Waals surface area (Å²) in [7, 11) is 0. The normalized spacial score (nSPS) is 16.8. The Labute approximate surface area is 147 Å². The van der Waals surface area contributed by atoms with E-state index in [1.807, 2.05) is 17.0 Å². The Kier molecular flexibility index (Phi) is 5.07. The van der Waals surface area contributed by atoms with Crippen LogP contribution in [0.3, 0.4) is 0 Å². The summed E-state index contributed by atoms with van der Waals surface area (Å²) in [6.07, 6.45) is 0. The molecule has 1 heterocycles. The van der Waals surface area contributed by atoms with Gasteiger partial charge in [0.2, 0.25) is 0 Å². The second kappa shape index (κ2) is 7.24. The summed E-state index contributed by atoms with van der Waals surface area (Å²) in [5.74, 6) is -0.818. The number of benzene rings is 2. The molecule has 0 aromatic heterocycles. The summed E-state index contributed by atoms with van der Waals surface area (Å²) in [5.41, 5.74) is 3.25. The van der Waals surface area contributed by atoms with Crippen molar-refractivity contribution in [3.8, 4) is 0 Å². The van der Waals surface area contributed by atoms with Crippen LogP contribution in [0.5, 0.6) is 0 Å². The topological polar surface area (TPSA) is 43.8 Å². The number of nitrogens with zero attached hydrogens (tertiary/aromatic N) is 2. The van der Waals surface area contributed by atoms with E-state index in [-0.39, 0.29) is 0 Å². The molecule has 0 unspecified atom stereocenters. The van der Waals surface area contributed by atoms with Crippen LogP contribution in [-0.4, -0.2) is 42.2 Å². The first-order chi connectivity index (χ1) is 11.6. The molecule has 0 spiro atoms. The number of anilines is 1. The van der Waals surface area contributed by atoms with Gasteiger partial charge in [-0.2, -0.15) is 0 Å². The summed E-state index contributed by atoms with van der Waals surface area (Å²) in [6.45, 7) is 5.18. The minimum Gasteiger partial charge on any atom is -0.480 e. The zero-order valence-corrected chi connectivity index (χ0v) is 14.4. The number of para-hydroxylation sites is 1. The van der Waals surface area contributed by atoms with Gasteiger partial charge in [0.1, 0.15) is 6.04 Å². The van der Waals surface area contributed by atoms with Crippen LogP contribution in [0.2, 0.25) is 5.02 Å². The van der Waals surface area contributed by atoms with Crippen LogP contribution in [0.4, 0.5) is 5.69 Å². The maximum absolute atomic E-state index is 11.8. The highest BCUT2D eigenvalue weighted by molar-refractivity contribution is 6.30. The molecule has 24 heavy (non-hydrogen) atoms. The summed E-state index contributed by atoms with van der Waals surface area (Å²) < 4.78 is 0. The lowest BCUT2D eigenvalue weighted by atomic mass is 10.0. The Balaban J connectivity index is 1.73.